The molecule has 3 N–H and O–H groups in total. The van der Waals surface area contributed by atoms with Gasteiger partial charge in [-0.05, 0) is 36.4 Å². The largest absolute Gasteiger partial charge is 0.399 e. The summed E-state index contributed by atoms with van der Waals surface area (Å²) < 4.78 is 1.46. The first kappa shape index (κ1) is 15.8. The van der Waals surface area contributed by atoms with Crippen molar-refractivity contribution in [1.82, 2.24) is 14.8 Å². The summed E-state index contributed by atoms with van der Waals surface area (Å²) in [5, 5.41) is 7.61. The van der Waals surface area contributed by atoms with Crippen LogP contribution in [0.4, 0.5) is 11.4 Å². The van der Waals surface area contributed by atoms with E-state index in [4.69, 9.17) is 17.3 Å². The van der Waals surface area contributed by atoms with Crippen LogP contribution in [0.1, 0.15) is 0 Å². The van der Waals surface area contributed by atoms with E-state index in [1.165, 1.54) is 23.3 Å². The van der Waals surface area contributed by atoms with Crippen molar-refractivity contribution in [3.8, 4) is 11.4 Å². The Balaban J connectivity index is 1.66. The van der Waals surface area contributed by atoms with Crippen LogP contribution in [0.5, 0.6) is 0 Å². The Labute approximate surface area is 143 Å². The molecule has 2 aromatic carbocycles. The number of amides is 1. The predicted molar refractivity (Wildman–Crippen MR) is 95.3 cm³/mol. The van der Waals surface area contributed by atoms with Gasteiger partial charge in [0.15, 0.2) is 5.82 Å². The zero-order valence-electron chi connectivity index (χ0n) is 12.6. The van der Waals surface area contributed by atoms with Gasteiger partial charge in [0.1, 0.15) is 6.33 Å². The van der Waals surface area contributed by atoms with Gasteiger partial charge in [0.2, 0.25) is 5.91 Å². The van der Waals surface area contributed by atoms with E-state index in [1.54, 1.807) is 36.4 Å². The molecule has 3 aromatic rings. The van der Waals surface area contributed by atoms with E-state index in [0.717, 1.165) is 5.56 Å². The lowest BCUT2D eigenvalue weighted by atomic mass is 10.2. The molecule has 3 rings (SSSR count). The summed E-state index contributed by atoms with van der Waals surface area (Å²) in [7, 11) is 0. The summed E-state index contributed by atoms with van der Waals surface area (Å²) in [6, 6.07) is 14.1. The molecule has 6 nitrogen and oxygen atoms in total. The van der Waals surface area contributed by atoms with Crippen molar-refractivity contribution in [3.63, 3.8) is 0 Å². The maximum Gasteiger partial charge on any atom is 0.249 e. The molecule has 0 aliphatic rings. The first-order chi connectivity index (χ1) is 11.6. The van der Waals surface area contributed by atoms with E-state index in [1.807, 2.05) is 12.1 Å². The Morgan fingerprint density at radius 1 is 1.21 bits per heavy atom. The molecule has 0 bridgehead atoms. The molecule has 7 heteroatoms. The quantitative estimate of drug-likeness (QED) is 0.564. The van der Waals surface area contributed by atoms with Crippen molar-refractivity contribution in [1.29, 1.82) is 0 Å². The number of rotatable bonds is 4. The molecular formula is C17H14ClN5O. The van der Waals surface area contributed by atoms with Gasteiger partial charge in [-0.1, -0.05) is 23.7 Å². The second kappa shape index (κ2) is 6.97. The average Bonchev–Trinajstić information content (AvgIpc) is 3.04. The topological polar surface area (TPSA) is 85.8 Å². The zero-order chi connectivity index (χ0) is 16.9. The van der Waals surface area contributed by atoms with Gasteiger partial charge in [-0.3, -0.25) is 4.79 Å². The Bertz CT molecular complexity index is 886. The number of aromatic nitrogens is 3. The number of benzene rings is 2. The normalized spacial score (nSPS) is 10.9. The van der Waals surface area contributed by atoms with Crippen LogP contribution in [0.2, 0.25) is 5.02 Å². The number of hydrogen-bond acceptors (Lipinski definition) is 4. The van der Waals surface area contributed by atoms with Crippen LogP contribution in [0.15, 0.2) is 60.9 Å². The number of carbonyl (C=O) groups is 1. The van der Waals surface area contributed by atoms with E-state index in [-0.39, 0.29) is 5.91 Å². The smallest absolute Gasteiger partial charge is 0.249 e. The molecule has 0 saturated carbocycles. The van der Waals surface area contributed by atoms with E-state index >= 15 is 0 Å². The first-order valence-electron chi connectivity index (χ1n) is 7.12. The molecule has 0 fully saturated rings. The number of nitrogens with zero attached hydrogens (tertiary/aromatic N) is 3. The van der Waals surface area contributed by atoms with Gasteiger partial charge in [-0.2, -0.15) is 0 Å². The summed E-state index contributed by atoms with van der Waals surface area (Å²) in [5.74, 6) is 0.251. The second-order valence-electron chi connectivity index (χ2n) is 4.99. The molecular weight excluding hydrogens is 326 g/mol. The first-order valence-corrected chi connectivity index (χ1v) is 7.50. The van der Waals surface area contributed by atoms with Gasteiger partial charge in [0, 0.05) is 34.2 Å². The molecule has 1 aromatic heterocycles. The van der Waals surface area contributed by atoms with Crippen molar-refractivity contribution in [2.24, 2.45) is 0 Å². The predicted octanol–water partition coefficient (Wildman–Crippen LogP) is 3.29. The average molecular weight is 340 g/mol. The molecule has 0 atom stereocenters. The van der Waals surface area contributed by atoms with Crippen molar-refractivity contribution in [3.05, 3.63) is 66.0 Å². The summed E-state index contributed by atoms with van der Waals surface area (Å²) in [6.07, 6.45) is 4.41. The molecule has 1 amide bonds. The minimum absolute atomic E-state index is 0.278. The lowest BCUT2D eigenvalue weighted by Crippen LogP contribution is -2.08. The molecule has 24 heavy (non-hydrogen) atoms. The molecule has 0 unspecified atom stereocenters. The molecule has 1 heterocycles. The third-order valence-corrected chi connectivity index (χ3v) is 3.38. The highest BCUT2D eigenvalue weighted by Crippen LogP contribution is 2.18. The fraction of sp³-hybridized carbons (Fsp3) is 0. The SMILES string of the molecule is Nc1ccc(NC(=O)/C=C/n2cnc(-c3cccc(Cl)c3)n2)cc1. The number of carbonyl (C=O) groups excluding carboxylic acids is 1. The summed E-state index contributed by atoms with van der Waals surface area (Å²) in [4.78, 5) is 16.1. The fourth-order valence-electron chi connectivity index (χ4n) is 2.00. The number of nitrogens with one attached hydrogen (secondary N) is 1. The van der Waals surface area contributed by atoms with Gasteiger partial charge in [-0.15, -0.1) is 5.10 Å². The van der Waals surface area contributed by atoms with Crippen molar-refractivity contribution in [2.75, 3.05) is 11.1 Å². The van der Waals surface area contributed by atoms with Gasteiger partial charge in [0.25, 0.3) is 0 Å². The molecule has 0 aliphatic heterocycles. The standard InChI is InChI=1S/C17H14ClN5O/c18-13-3-1-2-12(10-13)17-20-11-23(22-17)9-8-16(24)21-15-6-4-14(19)5-7-15/h1-11H,19H2,(H,21,24)/b9-8+. The molecule has 0 aliphatic carbocycles. The van der Waals surface area contributed by atoms with Crippen LogP contribution in [0.3, 0.4) is 0 Å². The zero-order valence-corrected chi connectivity index (χ0v) is 13.3. The Kier molecular flexibility index (Phi) is 4.58. The molecule has 120 valence electrons. The van der Waals surface area contributed by atoms with E-state index in [9.17, 15) is 4.79 Å². The van der Waals surface area contributed by atoms with Crippen molar-refractivity contribution < 1.29 is 4.79 Å². The molecule has 0 saturated heterocycles. The van der Waals surface area contributed by atoms with Crippen LogP contribution in [0.25, 0.3) is 17.6 Å². The summed E-state index contributed by atoms with van der Waals surface area (Å²) >= 11 is 5.95. The highest BCUT2D eigenvalue weighted by atomic mass is 35.5. The molecule has 0 radical (unpaired) electrons. The minimum atomic E-state index is -0.278. The summed E-state index contributed by atoms with van der Waals surface area (Å²) in [6.45, 7) is 0. The van der Waals surface area contributed by atoms with Gasteiger partial charge >= 0.3 is 0 Å². The van der Waals surface area contributed by atoms with Crippen LogP contribution in [0, 0.1) is 0 Å². The van der Waals surface area contributed by atoms with Gasteiger partial charge in [-0.25, -0.2) is 9.67 Å². The number of anilines is 2. The lowest BCUT2D eigenvalue weighted by molar-refractivity contribution is -0.111. The second-order valence-corrected chi connectivity index (χ2v) is 5.42. The third-order valence-electron chi connectivity index (χ3n) is 3.15. The molecule has 0 spiro atoms. The third kappa shape index (κ3) is 3.99. The Morgan fingerprint density at radius 3 is 2.75 bits per heavy atom. The number of nitrogen functional groups attached to an aromatic ring is 1. The lowest BCUT2D eigenvalue weighted by Gasteiger charge is -2.01. The van der Waals surface area contributed by atoms with E-state index in [2.05, 4.69) is 15.4 Å². The number of hydrogen-bond donors (Lipinski definition) is 2. The minimum Gasteiger partial charge on any atom is -0.399 e. The van der Waals surface area contributed by atoms with Crippen LogP contribution < -0.4 is 11.1 Å². The Hall–Kier alpha value is -3.12. The van der Waals surface area contributed by atoms with E-state index < -0.39 is 0 Å². The van der Waals surface area contributed by atoms with Crippen LogP contribution >= 0.6 is 11.6 Å². The van der Waals surface area contributed by atoms with E-state index in [0.29, 0.717) is 22.2 Å². The van der Waals surface area contributed by atoms with Crippen molar-refractivity contribution >= 4 is 35.1 Å². The van der Waals surface area contributed by atoms with Crippen molar-refractivity contribution in [2.45, 2.75) is 0 Å². The Morgan fingerprint density at radius 2 is 2.00 bits per heavy atom. The van der Waals surface area contributed by atoms with Gasteiger partial charge in [0.05, 0.1) is 0 Å². The number of nitrogens with two attached hydrogens (primary N) is 1. The van der Waals surface area contributed by atoms with Crippen LogP contribution in [-0.2, 0) is 4.79 Å². The van der Waals surface area contributed by atoms with Crippen LogP contribution in [-0.4, -0.2) is 20.7 Å². The highest BCUT2D eigenvalue weighted by molar-refractivity contribution is 6.30. The summed E-state index contributed by atoms with van der Waals surface area (Å²) in [5.41, 5.74) is 7.71. The fourth-order valence-corrected chi connectivity index (χ4v) is 2.19. The maximum atomic E-state index is 11.9. The monoisotopic (exact) mass is 339 g/mol. The number of halogens is 1. The maximum absolute atomic E-state index is 11.9. The highest BCUT2D eigenvalue weighted by Gasteiger charge is 2.04. The van der Waals surface area contributed by atoms with Gasteiger partial charge < -0.3 is 11.1 Å².